The second-order valence-electron chi connectivity index (χ2n) is 2.80. The molecule has 1 heterocycles. The third kappa shape index (κ3) is 1.01. The smallest absolute Gasteiger partial charge is 0.198 e. The van der Waals surface area contributed by atoms with E-state index in [0.717, 1.165) is 15.2 Å². The van der Waals surface area contributed by atoms with Gasteiger partial charge in [0.2, 0.25) is 0 Å². The minimum absolute atomic E-state index is 0.311. The van der Waals surface area contributed by atoms with Crippen molar-refractivity contribution in [1.29, 1.82) is 0 Å². The van der Waals surface area contributed by atoms with E-state index >= 15 is 0 Å². The monoisotopic (exact) mass is 225 g/mol. The van der Waals surface area contributed by atoms with Gasteiger partial charge in [0.05, 0.1) is 0 Å². The number of fused-ring (bicyclic) bond motifs is 1. The van der Waals surface area contributed by atoms with E-state index in [0.29, 0.717) is 5.88 Å². The summed E-state index contributed by atoms with van der Waals surface area (Å²) in [5, 5.41) is 11.5. The van der Waals surface area contributed by atoms with Gasteiger partial charge in [-0.3, -0.25) is 0 Å². The lowest BCUT2D eigenvalue weighted by Gasteiger charge is -1.93. The van der Waals surface area contributed by atoms with Gasteiger partial charge in [-0.2, -0.15) is 0 Å². The Morgan fingerprint density at radius 3 is 2.92 bits per heavy atom. The summed E-state index contributed by atoms with van der Waals surface area (Å²) in [4.78, 5) is 0. The first-order chi connectivity index (χ1) is 5.68. The minimum atomic E-state index is 0.311. The van der Waals surface area contributed by atoms with E-state index < -0.39 is 0 Å². The highest BCUT2D eigenvalue weighted by molar-refractivity contribution is 9.10. The molecule has 0 fully saturated rings. The van der Waals surface area contributed by atoms with Crippen molar-refractivity contribution in [3.05, 3.63) is 28.9 Å². The Morgan fingerprint density at radius 2 is 2.17 bits per heavy atom. The molecule has 0 aliphatic rings. The van der Waals surface area contributed by atoms with Crippen LogP contribution in [-0.4, -0.2) is 9.67 Å². The van der Waals surface area contributed by atoms with Gasteiger partial charge in [-0.1, -0.05) is 22.0 Å². The molecule has 0 amide bonds. The Hall–Kier alpha value is -0.960. The molecule has 2 aromatic rings. The molecule has 0 spiro atoms. The summed E-state index contributed by atoms with van der Waals surface area (Å²) in [6, 6.07) is 5.84. The number of halogens is 1. The van der Waals surface area contributed by atoms with E-state index in [1.165, 1.54) is 0 Å². The summed E-state index contributed by atoms with van der Waals surface area (Å²) in [7, 11) is 1.82. The molecule has 0 saturated heterocycles. The second-order valence-corrected chi connectivity index (χ2v) is 3.71. The molecule has 0 radical (unpaired) electrons. The maximum atomic E-state index is 9.56. The Labute approximate surface area is 78.6 Å². The number of hydrogen-bond donors (Lipinski definition) is 1. The highest BCUT2D eigenvalue weighted by Crippen LogP contribution is 2.28. The number of nitrogens with zero attached hydrogens (tertiary/aromatic N) is 1. The molecular weight excluding hydrogens is 218 g/mol. The molecule has 3 heteroatoms. The number of aryl methyl sites for hydroxylation is 1. The van der Waals surface area contributed by atoms with Gasteiger partial charge in [0.1, 0.15) is 0 Å². The van der Waals surface area contributed by atoms with E-state index in [1.807, 2.05) is 31.4 Å². The predicted octanol–water partition coefficient (Wildman–Crippen LogP) is 2.65. The average Bonchev–Trinajstić information content (AvgIpc) is 2.31. The number of aromatic hydroxyl groups is 1. The predicted molar refractivity (Wildman–Crippen MR) is 52.3 cm³/mol. The third-order valence-electron chi connectivity index (χ3n) is 1.92. The van der Waals surface area contributed by atoms with Gasteiger partial charge in [-0.05, 0) is 12.1 Å². The second kappa shape index (κ2) is 2.52. The van der Waals surface area contributed by atoms with E-state index in [9.17, 15) is 5.11 Å². The van der Waals surface area contributed by atoms with Crippen LogP contribution in [0.1, 0.15) is 0 Å². The lowest BCUT2D eigenvalue weighted by atomic mass is 10.2. The molecule has 1 aromatic carbocycles. The van der Waals surface area contributed by atoms with Crippen LogP contribution in [0, 0.1) is 0 Å². The Kier molecular flexibility index (Phi) is 1.61. The van der Waals surface area contributed by atoms with Crippen molar-refractivity contribution in [3.8, 4) is 5.88 Å². The number of aromatic nitrogens is 1. The van der Waals surface area contributed by atoms with Gasteiger partial charge in [-0.15, -0.1) is 0 Å². The Morgan fingerprint density at radius 1 is 1.42 bits per heavy atom. The van der Waals surface area contributed by atoms with Crippen molar-refractivity contribution in [2.75, 3.05) is 0 Å². The van der Waals surface area contributed by atoms with Crippen LogP contribution in [0.15, 0.2) is 28.9 Å². The molecular formula is C9H8BrNO. The normalized spacial score (nSPS) is 10.8. The number of rotatable bonds is 0. The van der Waals surface area contributed by atoms with E-state index in [-0.39, 0.29) is 0 Å². The summed E-state index contributed by atoms with van der Waals surface area (Å²) in [5.74, 6) is 0.311. The van der Waals surface area contributed by atoms with Crippen LogP contribution in [0.2, 0.25) is 0 Å². The molecule has 1 N–H and O–H groups in total. The Balaban J connectivity index is 2.88. The SMILES string of the molecule is Cn1cc2ccc(Br)cc2c1O. The van der Waals surface area contributed by atoms with Crippen LogP contribution in [0.3, 0.4) is 0 Å². The maximum Gasteiger partial charge on any atom is 0.198 e. The third-order valence-corrected chi connectivity index (χ3v) is 2.42. The van der Waals surface area contributed by atoms with Crippen molar-refractivity contribution in [2.24, 2.45) is 7.05 Å². The summed E-state index contributed by atoms with van der Waals surface area (Å²) >= 11 is 3.36. The van der Waals surface area contributed by atoms with E-state index in [4.69, 9.17) is 0 Å². The van der Waals surface area contributed by atoms with Gasteiger partial charge in [0.25, 0.3) is 0 Å². The zero-order valence-electron chi connectivity index (χ0n) is 6.58. The first-order valence-corrected chi connectivity index (χ1v) is 4.41. The summed E-state index contributed by atoms with van der Waals surface area (Å²) in [6.45, 7) is 0. The fourth-order valence-corrected chi connectivity index (χ4v) is 1.66. The molecule has 0 unspecified atom stereocenters. The molecule has 62 valence electrons. The van der Waals surface area contributed by atoms with Crippen LogP contribution < -0.4 is 0 Å². The Bertz CT molecular complexity index is 433. The first-order valence-electron chi connectivity index (χ1n) is 3.62. The van der Waals surface area contributed by atoms with Gasteiger partial charge in [0, 0.05) is 28.5 Å². The summed E-state index contributed by atoms with van der Waals surface area (Å²) in [5.41, 5.74) is 0. The average molecular weight is 226 g/mol. The first kappa shape index (κ1) is 7.68. The van der Waals surface area contributed by atoms with E-state index in [2.05, 4.69) is 15.9 Å². The van der Waals surface area contributed by atoms with Crippen LogP contribution in [-0.2, 0) is 7.05 Å². The molecule has 0 saturated carbocycles. The number of benzene rings is 1. The van der Waals surface area contributed by atoms with Crippen molar-refractivity contribution < 1.29 is 5.11 Å². The molecule has 0 bridgehead atoms. The quantitative estimate of drug-likeness (QED) is 0.733. The van der Waals surface area contributed by atoms with Gasteiger partial charge >= 0.3 is 0 Å². The summed E-state index contributed by atoms with van der Waals surface area (Å²) < 4.78 is 2.69. The lowest BCUT2D eigenvalue weighted by Crippen LogP contribution is -1.80. The topological polar surface area (TPSA) is 25.2 Å². The zero-order chi connectivity index (χ0) is 8.72. The fourth-order valence-electron chi connectivity index (χ4n) is 1.29. The molecule has 2 rings (SSSR count). The fraction of sp³-hybridized carbons (Fsp3) is 0.111. The molecule has 0 aliphatic heterocycles. The summed E-state index contributed by atoms with van der Waals surface area (Å²) in [6.07, 6.45) is 1.90. The van der Waals surface area contributed by atoms with Crippen LogP contribution in [0.5, 0.6) is 5.88 Å². The van der Waals surface area contributed by atoms with Crippen LogP contribution >= 0.6 is 15.9 Å². The molecule has 1 aromatic heterocycles. The van der Waals surface area contributed by atoms with Crippen molar-refractivity contribution in [1.82, 2.24) is 4.57 Å². The maximum absolute atomic E-state index is 9.56. The van der Waals surface area contributed by atoms with Gasteiger partial charge < -0.3 is 9.67 Å². The molecule has 12 heavy (non-hydrogen) atoms. The molecule has 0 atom stereocenters. The zero-order valence-corrected chi connectivity index (χ0v) is 8.17. The highest BCUT2D eigenvalue weighted by Gasteiger charge is 2.04. The van der Waals surface area contributed by atoms with Crippen molar-refractivity contribution in [2.45, 2.75) is 0 Å². The molecule has 0 aliphatic carbocycles. The van der Waals surface area contributed by atoms with E-state index in [1.54, 1.807) is 4.57 Å². The number of hydrogen-bond acceptors (Lipinski definition) is 1. The van der Waals surface area contributed by atoms with Gasteiger partial charge in [0.15, 0.2) is 5.88 Å². The standard InChI is InChI=1S/C9H8BrNO/c1-11-5-6-2-3-7(10)4-8(6)9(11)12/h2-5,12H,1H3. The van der Waals surface area contributed by atoms with Crippen molar-refractivity contribution >= 4 is 26.7 Å². The molecule has 2 nitrogen and oxygen atoms in total. The van der Waals surface area contributed by atoms with Gasteiger partial charge in [-0.25, -0.2) is 0 Å². The highest BCUT2D eigenvalue weighted by atomic mass is 79.9. The van der Waals surface area contributed by atoms with Crippen LogP contribution in [0.25, 0.3) is 10.8 Å². The largest absolute Gasteiger partial charge is 0.494 e. The minimum Gasteiger partial charge on any atom is -0.494 e. The lowest BCUT2D eigenvalue weighted by molar-refractivity contribution is 0.438. The van der Waals surface area contributed by atoms with Crippen molar-refractivity contribution in [3.63, 3.8) is 0 Å². The van der Waals surface area contributed by atoms with Crippen LogP contribution in [0.4, 0.5) is 0 Å².